The molecule has 158 valence electrons. The van der Waals surface area contributed by atoms with Crippen molar-refractivity contribution in [2.75, 3.05) is 30.4 Å². The number of halogens is 1. The summed E-state index contributed by atoms with van der Waals surface area (Å²) in [5.74, 6) is -0.245. The van der Waals surface area contributed by atoms with E-state index in [1.165, 1.54) is 12.3 Å². The summed E-state index contributed by atoms with van der Waals surface area (Å²) >= 11 is 0. The number of anilines is 2. The zero-order chi connectivity index (χ0) is 21.5. The van der Waals surface area contributed by atoms with Gasteiger partial charge in [-0.05, 0) is 20.4 Å². The van der Waals surface area contributed by atoms with E-state index in [4.69, 9.17) is 0 Å². The maximum atomic E-state index is 14.4. The Kier molecular flexibility index (Phi) is 4.70. The highest BCUT2D eigenvalue weighted by atomic mass is 19.1. The van der Waals surface area contributed by atoms with Crippen LogP contribution in [0.25, 0.3) is 16.7 Å². The molecule has 0 spiro atoms. The minimum atomic E-state index is -0.517. The SMILES string of the molecule is CNC1CCN(c2ncc(C(=O)Nc3cc(F)c4nc(C)cn4c3)c3nccnc23)C1. The number of nitrogens with zero attached hydrogens (tertiary/aromatic N) is 6. The van der Waals surface area contributed by atoms with Crippen LogP contribution in [0.15, 0.2) is 37.1 Å². The molecule has 0 aliphatic carbocycles. The number of hydrogen-bond donors (Lipinski definition) is 2. The number of imidazole rings is 1. The number of carbonyl (C=O) groups excluding carboxylic acids is 1. The molecule has 2 N–H and O–H groups in total. The molecule has 31 heavy (non-hydrogen) atoms. The van der Waals surface area contributed by atoms with Crippen molar-refractivity contribution >= 4 is 34.1 Å². The molecule has 4 aromatic rings. The average molecular weight is 420 g/mol. The molecule has 9 nitrogen and oxygen atoms in total. The van der Waals surface area contributed by atoms with E-state index in [0.717, 1.165) is 19.5 Å². The summed E-state index contributed by atoms with van der Waals surface area (Å²) in [7, 11) is 1.94. The third kappa shape index (κ3) is 3.44. The quantitative estimate of drug-likeness (QED) is 0.522. The van der Waals surface area contributed by atoms with Crippen LogP contribution in [0.4, 0.5) is 15.9 Å². The molecular weight excluding hydrogens is 399 g/mol. The molecule has 1 aliphatic heterocycles. The molecule has 1 atom stereocenters. The molecule has 1 saturated heterocycles. The van der Waals surface area contributed by atoms with Gasteiger partial charge in [-0.15, -0.1) is 0 Å². The summed E-state index contributed by atoms with van der Waals surface area (Å²) in [6.07, 6.45) is 8.96. The fourth-order valence-corrected chi connectivity index (χ4v) is 3.98. The summed E-state index contributed by atoms with van der Waals surface area (Å²) in [6.45, 7) is 3.44. The molecular formula is C21H21FN8O. The fourth-order valence-electron chi connectivity index (χ4n) is 3.98. The number of fused-ring (bicyclic) bond motifs is 2. The highest BCUT2D eigenvalue weighted by Crippen LogP contribution is 2.27. The highest BCUT2D eigenvalue weighted by Gasteiger charge is 2.26. The van der Waals surface area contributed by atoms with E-state index in [0.29, 0.717) is 34.3 Å². The smallest absolute Gasteiger partial charge is 0.259 e. The standard InChI is InChI=1S/C21H21FN8O/c1-12-9-30-11-14(7-16(22)19(30)27-12)28-21(31)15-8-26-20(18-17(15)24-4-5-25-18)29-6-3-13(10-29)23-2/h4-5,7-9,11,13,23H,3,6,10H2,1-2H3,(H,28,31). The predicted octanol–water partition coefficient (Wildman–Crippen LogP) is 2.17. The zero-order valence-corrected chi connectivity index (χ0v) is 17.1. The number of carbonyl (C=O) groups is 1. The number of nitrogens with one attached hydrogen (secondary N) is 2. The van der Waals surface area contributed by atoms with Crippen molar-refractivity contribution in [3.63, 3.8) is 0 Å². The lowest BCUT2D eigenvalue weighted by Gasteiger charge is -2.19. The Morgan fingerprint density at radius 3 is 2.77 bits per heavy atom. The first-order valence-electron chi connectivity index (χ1n) is 10.0. The molecule has 1 amide bonds. The number of pyridine rings is 2. The summed E-state index contributed by atoms with van der Waals surface area (Å²) in [5, 5.41) is 6.02. The Morgan fingerprint density at radius 2 is 2.00 bits per heavy atom. The fraction of sp³-hybridized carbons (Fsp3) is 0.286. The van der Waals surface area contributed by atoms with Crippen molar-refractivity contribution in [2.24, 2.45) is 0 Å². The van der Waals surface area contributed by atoms with Gasteiger partial charge in [-0.25, -0.2) is 19.3 Å². The van der Waals surface area contributed by atoms with E-state index in [1.54, 1.807) is 36.1 Å². The molecule has 1 aliphatic rings. The number of aromatic nitrogens is 5. The molecule has 10 heteroatoms. The Morgan fingerprint density at radius 1 is 1.19 bits per heavy atom. The molecule has 4 aromatic heterocycles. The van der Waals surface area contributed by atoms with Crippen molar-refractivity contribution in [3.8, 4) is 0 Å². The van der Waals surface area contributed by atoms with Crippen molar-refractivity contribution in [1.82, 2.24) is 29.7 Å². The van der Waals surface area contributed by atoms with Gasteiger partial charge >= 0.3 is 0 Å². The van der Waals surface area contributed by atoms with E-state index < -0.39 is 11.7 Å². The lowest BCUT2D eigenvalue weighted by Crippen LogP contribution is -2.30. The first-order chi connectivity index (χ1) is 15.0. The summed E-state index contributed by atoms with van der Waals surface area (Å²) in [4.78, 5) is 32.7. The van der Waals surface area contributed by atoms with Crippen LogP contribution in [0, 0.1) is 12.7 Å². The van der Waals surface area contributed by atoms with Crippen molar-refractivity contribution in [3.05, 3.63) is 54.1 Å². The lowest BCUT2D eigenvalue weighted by atomic mass is 10.2. The normalized spacial score (nSPS) is 16.4. The number of rotatable bonds is 4. The molecule has 5 heterocycles. The van der Waals surface area contributed by atoms with E-state index in [-0.39, 0.29) is 11.2 Å². The van der Waals surface area contributed by atoms with Crippen LogP contribution in [-0.2, 0) is 0 Å². The number of amides is 1. The number of likely N-dealkylation sites (N-methyl/N-ethyl adjacent to an activating group) is 1. The lowest BCUT2D eigenvalue weighted by molar-refractivity contribution is 0.102. The van der Waals surface area contributed by atoms with Crippen LogP contribution < -0.4 is 15.5 Å². The summed E-state index contributed by atoms with van der Waals surface area (Å²) in [5.41, 5.74) is 2.51. The van der Waals surface area contributed by atoms with Crippen LogP contribution in [0.2, 0.25) is 0 Å². The van der Waals surface area contributed by atoms with Crippen LogP contribution in [0.3, 0.4) is 0 Å². The predicted molar refractivity (Wildman–Crippen MR) is 115 cm³/mol. The summed E-state index contributed by atoms with van der Waals surface area (Å²) < 4.78 is 15.9. The third-order valence-corrected chi connectivity index (χ3v) is 5.51. The Bertz CT molecular complexity index is 1300. The van der Waals surface area contributed by atoms with Gasteiger partial charge in [-0.2, -0.15) is 0 Å². The average Bonchev–Trinajstić information content (AvgIpc) is 3.39. The van der Waals surface area contributed by atoms with Crippen molar-refractivity contribution in [1.29, 1.82) is 0 Å². The van der Waals surface area contributed by atoms with E-state index in [1.807, 2.05) is 7.05 Å². The van der Waals surface area contributed by atoms with Gasteiger partial charge in [0, 0.05) is 56.2 Å². The molecule has 0 saturated carbocycles. The number of aryl methyl sites for hydroxylation is 1. The van der Waals surface area contributed by atoms with Crippen LogP contribution >= 0.6 is 0 Å². The Hall–Kier alpha value is -3.66. The molecule has 0 bridgehead atoms. The topological polar surface area (TPSA) is 100 Å². The minimum Gasteiger partial charge on any atom is -0.353 e. The van der Waals surface area contributed by atoms with Crippen LogP contribution in [0.1, 0.15) is 22.5 Å². The molecule has 5 rings (SSSR count). The second kappa shape index (κ2) is 7.55. The van der Waals surface area contributed by atoms with Crippen molar-refractivity contribution < 1.29 is 9.18 Å². The van der Waals surface area contributed by atoms with Crippen LogP contribution in [-0.4, -0.2) is 56.4 Å². The van der Waals surface area contributed by atoms with E-state index >= 15 is 0 Å². The second-order valence-electron chi connectivity index (χ2n) is 7.61. The Balaban J connectivity index is 1.49. The first-order valence-corrected chi connectivity index (χ1v) is 10.0. The monoisotopic (exact) mass is 420 g/mol. The van der Waals surface area contributed by atoms with Crippen molar-refractivity contribution in [2.45, 2.75) is 19.4 Å². The van der Waals surface area contributed by atoms with Crippen LogP contribution in [0.5, 0.6) is 0 Å². The van der Waals surface area contributed by atoms with Gasteiger partial charge in [0.1, 0.15) is 11.0 Å². The van der Waals surface area contributed by atoms with Gasteiger partial charge in [-0.3, -0.25) is 9.78 Å². The largest absolute Gasteiger partial charge is 0.353 e. The summed E-state index contributed by atoms with van der Waals surface area (Å²) in [6, 6.07) is 1.63. The molecule has 1 fully saturated rings. The number of hydrogen-bond acceptors (Lipinski definition) is 7. The maximum absolute atomic E-state index is 14.4. The highest BCUT2D eigenvalue weighted by molar-refractivity contribution is 6.12. The first kappa shape index (κ1) is 19.3. The van der Waals surface area contributed by atoms with Gasteiger partial charge < -0.3 is 19.9 Å². The van der Waals surface area contributed by atoms with Gasteiger partial charge in [0.25, 0.3) is 5.91 Å². The molecule has 1 unspecified atom stereocenters. The van der Waals surface area contributed by atoms with Gasteiger partial charge in [-0.1, -0.05) is 0 Å². The molecule has 0 aromatic carbocycles. The Labute approximate surface area is 177 Å². The minimum absolute atomic E-state index is 0.211. The third-order valence-electron chi connectivity index (χ3n) is 5.51. The zero-order valence-electron chi connectivity index (χ0n) is 17.1. The van der Waals surface area contributed by atoms with Gasteiger partial charge in [0.05, 0.1) is 16.9 Å². The maximum Gasteiger partial charge on any atom is 0.259 e. The molecule has 0 radical (unpaired) electrons. The van der Waals surface area contributed by atoms with Gasteiger partial charge in [0.2, 0.25) is 0 Å². The van der Waals surface area contributed by atoms with E-state index in [9.17, 15) is 9.18 Å². The van der Waals surface area contributed by atoms with Gasteiger partial charge in [0.15, 0.2) is 17.3 Å². The second-order valence-corrected chi connectivity index (χ2v) is 7.61. The van der Waals surface area contributed by atoms with E-state index in [2.05, 4.69) is 35.5 Å².